The van der Waals surface area contributed by atoms with Crippen LogP contribution in [0.4, 0.5) is 0 Å². The van der Waals surface area contributed by atoms with Gasteiger partial charge in [0.05, 0.1) is 0 Å². The van der Waals surface area contributed by atoms with Gasteiger partial charge in [0.2, 0.25) is 18.3 Å². The van der Waals surface area contributed by atoms with Crippen LogP contribution in [0.3, 0.4) is 0 Å². The van der Waals surface area contributed by atoms with Crippen LogP contribution in [0.2, 0.25) is 0 Å². The Hall–Kier alpha value is -1.65. The third-order valence-electron chi connectivity index (χ3n) is 1.28. The van der Waals surface area contributed by atoms with E-state index in [-0.39, 0.29) is 18.5 Å². The molecule has 0 bridgehead atoms. The lowest BCUT2D eigenvalue weighted by molar-refractivity contribution is 0.0646. The summed E-state index contributed by atoms with van der Waals surface area (Å²) in [4.78, 5) is 10.3. The van der Waals surface area contributed by atoms with Crippen LogP contribution in [-0.2, 0) is 0 Å². The fourth-order valence-electron chi connectivity index (χ4n) is 0.811. The number of carbonyl (C=O) groups is 1. The van der Waals surface area contributed by atoms with Crippen molar-refractivity contribution in [1.29, 1.82) is 0 Å². The van der Waals surface area contributed by atoms with Gasteiger partial charge < -0.3 is 19.0 Å². The Bertz CT molecular complexity index is 278. The molecule has 2 rings (SSSR count). The second kappa shape index (κ2) is 1.91. The summed E-state index contributed by atoms with van der Waals surface area (Å²) in [6.45, 7) is 0.0913. The molecule has 5 heteroatoms. The summed E-state index contributed by atoms with van der Waals surface area (Å²) < 4.78 is 14.4. The molecule has 0 unspecified atom stereocenters. The van der Waals surface area contributed by atoms with E-state index in [0.29, 0.717) is 5.75 Å². The van der Waals surface area contributed by atoms with Crippen molar-refractivity contribution >= 4 is 5.97 Å². The molecule has 1 aromatic rings. The van der Waals surface area contributed by atoms with Crippen LogP contribution in [0.5, 0.6) is 11.7 Å². The minimum Gasteiger partial charge on any atom is -0.475 e. The van der Waals surface area contributed by atoms with Gasteiger partial charge in [0.1, 0.15) is 0 Å². The van der Waals surface area contributed by atoms with E-state index in [2.05, 4.69) is 0 Å². The van der Waals surface area contributed by atoms with Crippen LogP contribution in [0, 0.1) is 0 Å². The zero-order valence-electron chi connectivity index (χ0n) is 5.36. The van der Waals surface area contributed by atoms with Crippen molar-refractivity contribution in [2.24, 2.45) is 0 Å². The normalized spacial score (nSPS) is 13.5. The standard InChI is InChI=1S/C6H4O5/c7-5(8)3-1-4-6(11-3)10-2-9-4/h1H,2H2,(H,7,8). The molecule has 0 saturated heterocycles. The van der Waals surface area contributed by atoms with Gasteiger partial charge >= 0.3 is 11.9 Å². The molecule has 0 saturated carbocycles. The first-order valence-corrected chi connectivity index (χ1v) is 2.90. The highest BCUT2D eigenvalue weighted by atomic mass is 16.7. The van der Waals surface area contributed by atoms with E-state index >= 15 is 0 Å². The van der Waals surface area contributed by atoms with Crippen molar-refractivity contribution in [1.82, 2.24) is 0 Å². The second-order valence-electron chi connectivity index (χ2n) is 1.97. The van der Waals surface area contributed by atoms with Crippen molar-refractivity contribution < 1.29 is 23.8 Å². The van der Waals surface area contributed by atoms with Crippen LogP contribution in [0.15, 0.2) is 10.5 Å². The first-order chi connectivity index (χ1) is 5.27. The largest absolute Gasteiger partial charge is 0.475 e. The summed E-state index contributed by atoms with van der Waals surface area (Å²) in [5.74, 6) is -0.814. The molecule has 1 N–H and O–H groups in total. The maximum absolute atomic E-state index is 10.3. The Labute approximate surface area is 61.1 Å². The Morgan fingerprint density at radius 2 is 2.36 bits per heavy atom. The first kappa shape index (κ1) is 6.09. The van der Waals surface area contributed by atoms with E-state index in [1.54, 1.807) is 0 Å². The SMILES string of the molecule is O=C(O)c1cc2c(o1)OCO2. The molecule has 0 amide bonds. The van der Waals surface area contributed by atoms with E-state index in [0.717, 1.165) is 0 Å². The minimum atomic E-state index is -1.13. The molecule has 0 radical (unpaired) electrons. The molecular weight excluding hydrogens is 152 g/mol. The fourth-order valence-corrected chi connectivity index (χ4v) is 0.811. The zero-order valence-corrected chi connectivity index (χ0v) is 5.36. The quantitative estimate of drug-likeness (QED) is 0.648. The fraction of sp³-hybridized carbons (Fsp3) is 0.167. The maximum Gasteiger partial charge on any atom is 0.372 e. The number of hydrogen-bond donors (Lipinski definition) is 1. The second-order valence-corrected chi connectivity index (χ2v) is 1.97. The number of carboxylic acid groups (broad SMARTS) is 1. The number of furan rings is 1. The van der Waals surface area contributed by atoms with Gasteiger partial charge in [-0.15, -0.1) is 0 Å². The van der Waals surface area contributed by atoms with Crippen molar-refractivity contribution in [2.45, 2.75) is 0 Å². The molecule has 0 aliphatic carbocycles. The van der Waals surface area contributed by atoms with Gasteiger partial charge in [0.15, 0.2) is 0 Å². The van der Waals surface area contributed by atoms with Gasteiger partial charge in [-0.05, 0) is 0 Å². The molecule has 5 nitrogen and oxygen atoms in total. The maximum atomic E-state index is 10.3. The lowest BCUT2D eigenvalue weighted by atomic mass is 10.4. The van der Waals surface area contributed by atoms with E-state index in [9.17, 15) is 4.79 Å². The molecule has 11 heavy (non-hydrogen) atoms. The van der Waals surface area contributed by atoms with Gasteiger partial charge in [-0.25, -0.2) is 4.79 Å². The van der Waals surface area contributed by atoms with Crippen LogP contribution in [0.25, 0.3) is 0 Å². The molecule has 1 aromatic heterocycles. The lowest BCUT2D eigenvalue weighted by Crippen LogP contribution is -1.97. The molecule has 0 spiro atoms. The molecule has 0 aromatic carbocycles. The van der Waals surface area contributed by atoms with Gasteiger partial charge in [-0.2, -0.15) is 0 Å². The Morgan fingerprint density at radius 1 is 1.55 bits per heavy atom. The summed E-state index contributed by atoms with van der Waals surface area (Å²) in [6.07, 6.45) is 0. The van der Waals surface area contributed by atoms with Gasteiger partial charge in [0, 0.05) is 6.07 Å². The Morgan fingerprint density at radius 3 is 3.00 bits per heavy atom. The highest BCUT2D eigenvalue weighted by Gasteiger charge is 2.22. The summed E-state index contributed by atoms with van der Waals surface area (Å²) in [6, 6.07) is 1.28. The van der Waals surface area contributed by atoms with E-state index in [1.807, 2.05) is 0 Å². The Kier molecular flexibility index (Phi) is 1.06. The number of rotatable bonds is 1. The topological polar surface area (TPSA) is 68.9 Å². The van der Waals surface area contributed by atoms with E-state index in [4.69, 9.17) is 19.0 Å². The van der Waals surface area contributed by atoms with Crippen LogP contribution < -0.4 is 9.47 Å². The third kappa shape index (κ3) is 0.813. The van der Waals surface area contributed by atoms with Crippen LogP contribution in [0.1, 0.15) is 10.6 Å². The predicted molar refractivity (Wildman–Crippen MR) is 31.8 cm³/mol. The van der Waals surface area contributed by atoms with Crippen molar-refractivity contribution in [3.63, 3.8) is 0 Å². The summed E-state index contributed by atoms with van der Waals surface area (Å²) in [7, 11) is 0. The van der Waals surface area contributed by atoms with E-state index < -0.39 is 5.97 Å². The average molecular weight is 156 g/mol. The smallest absolute Gasteiger partial charge is 0.372 e. The first-order valence-electron chi connectivity index (χ1n) is 2.90. The van der Waals surface area contributed by atoms with Gasteiger partial charge in [-0.1, -0.05) is 0 Å². The van der Waals surface area contributed by atoms with Crippen molar-refractivity contribution in [3.8, 4) is 11.7 Å². The van der Waals surface area contributed by atoms with E-state index in [1.165, 1.54) is 6.07 Å². The number of fused-ring (bicyclic) bond motifs is 1. The number of carboxylic acids is 1. The summed E-state index contributed by atoms with van der Waals surface area (Å²) in [5.41, 5.74) is 0. The molecular formula is C6H4O5. The number of aromatic carboxylic acids is 1. The van der Waals surface area contributed by atoms with Crippen LogP contribution in [-0.4, -0.2) is 17.9 Å². The Balaban J connectivity index is 2.42. The van der Waals surface area contributed by atoms with Gasteiger partial charge in [-0.3, -0.25) is 0 Å². The molecule has 0 atom stereocenters. The molecule has 1 aliphatic rings. The summed E-state index contributed by atoms with van der Waals surface area (Å²) >= 11 is 0. The minimum absolute atomic E-state index is 0.0913. The van der Waals surface area contributed by atoms with Crippen LogP contribution >= 0.6 is 0 Å². The molecule has 1 aliphatic heterocycles. The zero-order chi connectivity index (χ0) is 7.84. The molecule has 58 valence electrons. The average Bonchev–Trinajstić information content (AvgIpc) is 2.40. The summed E-state index contributed by atoms with van der Waals surface area (Å²) in [5, 5.41) is 8.44. The number of ether oxygens (including phenoxy) is 2. The highest BCUT2D eigenvalue weighted by Crippen LogP contribution is 2.35. The number of hydrogen-bond acceptors (Lipinski definition) is 4. The predicted octanol–water partition coefficient (Wildman–Crippen LogP) is 0.706. The highest BCUT2D eigenvalue weighted by molar-refractivity contribution is 5.85. The molecule has 2 heterocycles. The van der Waals surface area contributed by atoms with Gasteiger partial charge in [0.25, 0.3) is 0 Å². The molecule has 0 fully saturated rings. The monoisotopic (exact) mass is 156 g/mol. The third-order valence-corrected chi connectivity index (χ3v) is 1.28. The van der Waals surface area contributed by atoms with Crippen molar-refractivity contribution in [3.05, 3.63) is 11.8 Å². The lowest BCUT2D eigenvalue weighted by Gasteiger charge is -1.89. The van der Waals surface area contributed by atoms with Crippen molar-refractivity contribution in [2.75, 3.05) is 6.79 Å².